The van der Waals surface area contributed by atoms with Gasteiger partial charge in [0.2, 0.25) is 0 Å². The lowest BCUT2D eigenvalue weighted by Crippen LogP contribution is -1.96. The van der Waals surface area contributed by atoms with Gasteiger partial charge in [0.05, 0.1) is 6.61 Å². The molecule has 0 radical (unpaired) electrons. The van der Waals surface area contributed by atoms with Crippen LogP contribution in [0.15, 0.2) is 30.5 Å². The van der Waals surface area contributed by atoms with Gasteiger partial charge in [0.25, 0.3) is 0 Å². The van der Waals surface area contributed by atoms with E-state index in [-0.39, 0.29) is 0 Å². The Morgan fingerprint density at radius 2 is 2.20 bits per heavy atom. The Labute approximate surface area is 120 Å². The van der Waals surface area contributed by atoms with E-state index < -0.39 is 0 Å². The highest BCUT2D eigenvalue weighted by Gasteiger charge is 2.18. The molecule has 2 aromatic heterocycles. The van der Waals surface area contributed by atoms with Crippen molar-refractivity contribution in [3.05, 3.63) is 41.0 Å². The minimum Gasteiger partial charge on any atom is -0.493 e. The number of hydrogen-bond acceptors (Lipinski definition) is 4. The maximum Gasteiger partial charge on any atom is 0.195 e. The summed E-state index contributed by atoms with van der Waals surface area (Å²) in [6, 6.07) is 7.66. The molecule has 0 aliphatic carbocycles. The molecule has 4 nitrogen and oxygen atoms in total. The number of ether oxygens (including phenoxy) is 1. The highest BCUT2D eigenvalue weighted by Crippen LogP contribution is 2.33. The number of aldehydes is 1. The van der Waals surface area contributed by atoms with Gasteiger partial charge in [-0.3, -0.25) is 9.20 Å². The van der Waals surface area contributed by atoms with Gasteiger partial charge in [-0.05, 0) is 26.0 Å². The standard InChI is InChI=1S/C15H14N2O2S/c1-3-19-13-7-5-4-6-11(13)14-12(9-18)17-8-10(2)20-15(17)16-14/h4-9H,3H2,1-2H3. The minimum atomic E-state index is 0.566. The summed E-state index contributed by atoms with van der Waals surface area (Å²) >= 11 is 1.57. The van der Waals surface area contributed by atoms with Crippen molar-refractivity contribution in [2.24, 2.45) is 0 Å². The molecule has 0 N–H and O–H groups in total. The molecule has 3 aromatic rings. The van der Waals surface area contributed by atoms with Crippen LogP contribution in [0.2, 0.25) is 0 Å². The molecule has 2 heterocycles. The Morgan fingerprint density at radius 1 is 1.40 bits per heavy atom. The summed E-state index contributed by atoms with van der Waals surface area (Å²) in [4.78, 5) is 18.0. The Hall–Kier alpha value is -2.14. The first kappa shape index (κ1) is 12.9. The monoisotopic (exact) mass is 286 g/mol. The van der Waals surface area contributed by atoms with Crippen molar-refractivity contribution in [3.8, 4) is 17.0 Å². The number of thiazole rings is 1. The minimum absolute atomic E-state index is 0.566. The molecule has 20 heavy (non-hydrogen) atoms. The third kappa shape index (κ3) is 2.00. The summed E-state index contributed by atoms with van der Waals surface area (Å²) in [5.41, 5.74) is 2.09. The van der Waals surface area contributed by atoms with E-state index in [9.17, 15) is 4.79 Å². The lowest BCUT2D eigenvalue weighted by molar-refractivity contribution is 0.111. The number of carbonyl (C=O) groups is 1. The highest BCUT2D eigenvalue weighted by molar-refractivity contribution is 7.17. The lowest BCUT2D eigenvalue weighted by atomic mass is 10.1. The van der Waals surface area contributed by atoms with Crippen molar-refractivity contribution in [2.45, 2.75) is 13.8 Å². The average Bonchev–Trinajstić information content (AvgIpc) is 2.95. The first-order chi connectivity index (χ1) is 9.74. The van der Waals surface area contributed by atoms with E-state index in [0.717, 1.165) is 27.4 Å². The molecule has 0 saturated carbocycles. The zero-order chi connectivity index (χ0) is 14.1. The SMILES string of the molecule is CCOc1ccccc1-c1nc2sc(C)cn2c1C=O. The van der Waals surface area contributed by atoms with Crippen molar-refractivity contribution in [3.63, 3.8) is 0 Å². The zero-order valence-electron chi connectivity index (χ0n) is 11.3. The van der Waals surface area contributed by atoms with Crippen molar-refractivity contribution < 1.29 is 9.53 Å². The fraction of sp³-hybridized carbons (Fsp3) is 0.200. The molecule has 5 heteroatoms. The molecule has 0 aliphatic rings. The highest BCUT2D eigenvalue weighted by atomic mass is 32.1. The quantitative estimate of drug-likeness (QED) is 0.688. The Bertz CT molecular complexity index is 773. The number of rotatable bonds is 4. The second-order valence-corrected chi connectivity index (χ2v) is 5.60. The van der Waals surface area contributed by atoms with Crippen molar-refractivity contribution >= 4 is 22.6 Å². The van der Waals surface area contributed by atoms with E-state index in [4.69, 9.17) is 4.74 Å². The van der Waals surface area contributed by atoms with Crippen molar-refractivity contribution in [1.82, 2.24) is 9.38 Å². The summed E-state index contributed by atoms with van der Waals surface area (Å²) in [5, 5.41) is 0. The van der Waals surface area contributed by atoms with Crippen molar-refractivity contribution in [2.75, 3.05) is 6.61 Å². The average molecular weight is 286 g/mol. The predicted octanol–water partition coefficient (Wildman–Crippen LogP) is 3.58. The van der Waals surface area contributed by atoms with Crippen LogP contribution in [0.1, 0.15) is 22.3 Å². The summed E-state index contributed by atoms with van der Waals surface area (Å²) in [6.07, 6.45) is 2.79. The van der Waals surface area contributed by atoms with Gasteiger partial charge in [0, 0.05) is 16.6 Å². The number of carbonyl (C=O) groups excluding carboxylic acids is 1. The molecule has 0 atom stereocenters. The van der Waals surface area contributed by atoms with E-state index >= 15 is 0 Å². The van der Waals surface area contributed by atoms with Crippen LogP contribution in [0, 0.1) is 6.92 Å². The molecule has 0 saturated heterocycles. The molecule has 0 bridgehead atoms. The molecule has 102 valence electrons. The first-order valence-corrected chi connectivity index (χ1v) is 7.22. The third-order valence-corrected chi connectivity index (χ3v) is 3.93. The molecule has 0 unspecified atom stereocenters. The molecule has 3 rings (SSSR count). The molecule has 0 aliphatic heterocycles. The van der Waals surface area contributed by atoms with E-state index in [2.05, 4.69) is 4.98 Å². The third-order valence-electron chi connectivity index (χ3n) is 3.03. The van der Waals surface area contributed by atoms with Gasteiger partial charge in [-0.1, -0.05) is 12.1 Å². The Morgan fingerprint density at radius 3 is 2.95 bits per heavy atom. The second kappa shape index (κ2) is 5.09. The first-order valence-electron chi connectivity index (χ1n) is 6.40. The number of hydrogen-bond donors (Lipinski definition) is 0. The molecule has 0 spiro atoms. The number of aryl methyl sites for hydroxylation is 1. The summed E-state index contributed by atoms with van der Waals surface area (Å²) in [7, 11) is 0. The maximum absolute atomic E-state index is 11.5. The number of para-hydroxylation sites is 1. The fourth-order valence-electron chi connectivity index (χ4n) is 2.23. The van der Waals surface area contributed by atoms with E-state index in [1.807, 2.05) is 48.7 Å². The summed E-state index contributed by atoms with van der Waals surface area (Å²) in [5.74, 6) is 0.751. The van der Waals surface area contributed by atoms with Crippen LogP contribution in [-0.2, 0) is 0 Å². The molecular formula is C15H14N2O2S. The van der Waals surface area contributed by atoms with Gasteiger partial charge in [0.1, 0.15) is 17.1 Å². The topological polar surface area (TPSA) is 43.6 Å². The van der Waals surface area contributed by atoms with Crippen LogP contribution in [0.3, 0.4) is 0 Å². The van der Waals surface area contributed by atoms with Crippen LogP contribution in [0.5, 0.6) is 5.75 Å². The van der Waals surface area contributed by atoms with Crippen LogP contribution < -0.4 is 4.74 Å². The number of benzene rings is 1. The number of imidazole rings is 1. The number of nitrogens with zero attached hydrogens (tertiary/aromatic N) is 2. The summed E-state index contributed by atoms with van der Waals surface area (Å²) < 4.78 is 7.46. The fourth-order valence-corrected chi connectivity index (χ4v) is 3.06. The van der Waals surface area contributed by atoms with Gasteiger partial charge < -0.3 is 4.74 Å². The van der Waals surface area contributed by atoms with Crippen LogP contribution >= 0.6 is 11.3 Å². The molecule has 0 amide bonds. The van der Waals surface area contributed by atoms with E-state index in [1.165, 1.54) is 0 Å². The van der Waals surface area contributed by atoms with Gasteiger partial charge in [-0.2, -0.15) is 0 Å². The van der Waals surface area contributed by atoms with Gasteiger partial charge in [0.15, 0.2) is 11.2 Å². The Kier molecular flexibility index (Phi) is 3.28. The van der Waals surface area contributed by atoms with Crippen molar-refractivity contribution in [1.29, 1.82) is 0 Å². The normalized spacial score (nSPS) is 10.9. The van der Waals surface area contributed by atoms with E-state index in [1.54, 1.807) is 11.3 Å². The molecule has 0 fully saturated rings. The van der Waals surface area contributed by atoms with Crippen LogP contribution in [0.4, 0.5) is 0 Å². The van der Waals surface area contributed by atoms with Gasteiger partial charge >= 0.3 is 0 Å². The lowest BCUT2D eigenvalue weighted by Gasteiger charge is -2.08. The van der Waals surface area contributed by atoms with Crippen LogP contribution in [-0.4, -0.2) is 22.3 Å². The number of fused-ring (bicyclic) bond motifs is 1. The maximum atomic E-state index is 11.5. The molecular weight excluding hydrogens is 272 g/mol. The molecule has 1 aromatic carbocycles. The smallest absolute Gasteiger partial charge is 0.195 e. The van der Waals surface area contributed by atoms with Gasteiger partial charge in [-0.15, -0.1) is 11.3 Å². The largest absolute Gasteiger partial charge is 0.493 e. The zero-order valence-corrected chi connectivity index (χ0v) is 12.1. The summed E-state index contributed by atoms with van der Waals surface area (Å²) in [6.45, 7) is 4.52. The predicted molar refractivity (Wildman–Crippen MR) is 79.8 cm³/mol. The van der Waals surface area contributed by atoms with E-state index in [0.29, 0.717) is 18.0 Å². The second-order valence-electron chi connectivity index (χ2n) is 4.39. The van der Waals surface area contributed by atoms with Gasteiger partial charge in [-0.25, -0.2) is 4.98 Å². The number of aromatic nitrogens is 2. The van der Waals surface area contributed by atoms with Crippen LogP contribution in [0.25, 0.3) is 16.2 Å². The Balaban J connectivity index is 2.24.